The van der Waals surface area contributed by atoms with E-state index in [9.17, 15) is 22.8 Å². The number of pyridine rings is 1. The van der Waals surface area contributed by atoms with Crippen molar-refractivity contribution < 1.29 is 22.8 Å². The molecule has 3 heterocycles. The summed E-state index contributed by atoms with van der Waals surface area (Å²) in [5.41, 5.74) is -0.0362. The lowest BCUT2D eigenvalue weighted by atomic mass is 9.96. The van der Waals surface area contributed by atoms with Crippen LogP contribution in [0.3, 0.4) is 0 Å². The molecule has 1 fully saturated rings. The number of hydrogen-bond acceptors (Lipinski definition) is 5. The highest BCUT2D eigenvalue weighted by Gasteiger charge is 2.33. The molecule has 160 valence electrons. The van der Waals surface area contributed by atoms with E-state index in [1.165, 1.54) is 6.92 Å². The van der Waals surface area contributed by atoms with Crippen LogP contribution < -0.4 is 5.32 Å². The zero-order chi connectivity index (χ0) is 21.7. The average molecular weight is 421 g/mol. The Morgan fingerprint density at radius 1 is 1.30 bits per heavy atom. The standard InChI is InChI=1S/C20H22F3N5O2/c1-13-10-16(20(21,22)23)27-17(26-13)7-9-25-19(30)14-5-6-18(29)28(11-14)12-15-4-2-3-8-24-15/h2-4,8,10,14H,5-7,9,11-12H2,1H3,(H,25,30)/t14-/m0/s1. The molecule has 1 aliphatic heterocycles. The van der Waals surface area contributed by atoms with E-state index >= 15 is 0 Å². The number of rotatable bonds is 6. The van der Waals surface area contributed by atoms with E-state index < -0.39 is 11.9 Å². The van der Waals surface area contributed by atoms with Crippen LogP contribution >= 0.6 is 0 Å². The molecule has 0 aliphatic carbocycles. The Morgan fingerprint density at radius 3 is 2.80 bits per heavy atom. The molecule has 0 radical (unpaired) electrons. The molecular weight excluding hydrogens is 399 g/mol. The maximum atomic E-state index is 12.9. The number of amides is 2. The van der Waals surface area contributed by atoms with Crippen LogP contribution in [0, 0.1) is 12.8 Å². The molecule has 1 saturated heterocycles. The van der Waals surface area contributed by atoms with Gasteiger partial charge >= 0.3 is 6.18 Å². The molecule has 1 aliphatic rings. The van der Waals surface area contributed by atoms with Gasteiger partial charge in [0.15, 0.2) is 0 Å². The Bertz CT molecular complexity index is 905. The van der Waals surface area contributed by atoms with Gasteiger partial charge in [-0.25, -0.2) is 9.97 Å². The summed E-state index contributed by atoms with van der Waals surface area (Å²) < 4.78 is 38.6. The summed E-state index contributed by atoms with van der Waals surface area (Å²) in [5, 5.41) is 2.72. The minimum atomic E-state index is -4.54. The summed E-state index contributed by atoms with van der Waals surface area (Å²) >= 11 is 0. The van der Waals surface area contributed by atoms with E-state index in [2.05, 4.69) is 20.3 Å². The monoisotopic (exact) mass is 421 g/mol. The number of aromatic nitrogens is 3. The third kappa shape index (κ3) is 5.74. The average Bonchev–Trinajstić information content (AvgIpc) is 2.69. The quantitative estimate of drug-likeness (QED) is 0.773. The summed E-state index contributed by atoms with van der Waals surface area (Å²) in [6.45, 7) is 2.19. The van der Waals surface area contributed by atoms with Crippen LogP contribution in [0.5, 0.6) is 0 Å². The van der Waals surface area contributed by atoms with Crippen molar-refractivity contribution in [3.05, 3.63) is 53.4 Å². The molecule has 0 spiro atoms. The normalized spacial score (nSPS) is 17.1. The molecule has 3 rings (SSSR count). The van der Waals surface area contributed by atoms with Crippen LogP contribution in [0.4, 0.5) is 13.2 Å². The fourth-order valence-corrected chi connectivity index (χ4v) is 3.30. The smallest absolute Gasteiger partial charge is 0.355 e. The van der Waals surface area contributed by atoms with Gasteiger partial charge in [0.1, 0.15) is 11.5 Å². The highest BCUT2D eigenvalue weighted by Crippen LogP contribution is 2.27. The van der Waals surface area contributed by atoms with Crippen molar-refractivity contribution in [1.29, 1.82) is 0 Å². The lowest BCUT2D eigenvalue weighted by Gasteiger charge is -2.31. The molecule has 1 atom stereocenters. The zero-order valence-corrected chi connectivity index (χ0v) is 16.4. The summed E-state index contributed by atoms with van der Waals surface area (Å²) in [5.74, 6) is -0.622. The van der Waals surface area contributed by atoms with Crippen molar-refractivity contribution >= 4 is 11.8 Å². The second kappa shape index (κ2) is 9.19. The van der Waals surface area contributed by atoms with E-state index in [0.29, 0.717) is 13.0 Å². The second-order valence-corrected chi connectivity index (χ2v) is 7.18. The zero-order valence-electron chi connectivity index (χ0n) is 16.4. The van der Waals surface area contributed by atoms with Crippen molar-refractivity contribution in [2.24, 2.45) is 5.92 Å². The van der Waals surface area contributed by atoms with Gasteiger partial charge in [-0.3, -0.25) is 14.6 Å². The van der Waals surface area contributed by atoms with Crippen molar-refractivity contribution in [2.45, 2.75) is 38.9 Å². The van der Waals surface area contributed by atoms with Crippen molar-refractivity contribution in [1.82, 2.24) is 25.2 Å². The molecule has 2 aromatic heterocycles. The summed E-state index contributed by atoms with van der Waals surface area (Å²) in [6, 6.07) is 6.32. The molecule has 2 aromatic rings. The molecule has 0 unspecified atom stereocenters. The van der Waals surface area contributed by atoms with Crippen LogP contribution in [0.2, 0.25) is 0 Å². The van der Waals surface area contributed by atoms with Gasteiger partial charge in [0.05, 0.1) is 18.2 Å². The van der Waals surface area contributed by atoms with Crippen LogP contribution in [-0.4, -0.2) is 44.8 Å². The number of alkyl halides is 3. The van der Waals surface area contributed by atoms with Gasteiger partial charge in [-0.1, -0.05) is 6.07 Å². The number of hydrogen-bond donors (Lipinski definition) is 1. The largest absolute Gasteiger partial charge is 0.433 e. The minimum absolute atomic E-state index is 0.0261. The number of halogens is 3. The molecule has 0 saturated carbocycles. The van der Waals surface area contributed by atoms with Crippen LogP contribution in [0.25, 0.3) is 0 Å². The van der Waals surface area contributed by atoms with E-state index in [1.54, 1.807) is 17.2 Å². The Hall–Kier alpha value is -3.04. The van der Waals surface area contributed by atoms with Crippen LogP contribution in [0.15, 0.2) is 30.5 Å². The molecule has 1 N–H and O–H groups in total. The van der Waals surface area contributed by atoms with E-state index in [1.807, 2.05) is 12.1 Å². The molecule has 30 heavy (non-hydrogen) atoms. The Balaban J connectivity index is 1.53. The highest BCUT2D eigenvalue weighted by atomic mass is 19.4. The third-order valence-electron chi connectivity index (χ3n) is 4.79. The number of likely N-dealkylation sites (tertiary alicyclic amines) is 1. The fraction of sp³-hybridized carbons (Fsp3) is 0.450. The lowest BCUT2D eigenvalue weighted by Crippen LogP contribution is -2.45. The van der Waals surface area contributed by atoms with Gasteiger partial charge in [0.2, 0.25) is 11.8 Å². The number of carbonyl (C=O) groups excluding carboxylic acids is 2. The number of aryl methyl sites for hydroxylation is 1. The Kier molecular flexibility index (Phi) is 6.63. The lowest BCUT2D eigenvalue weighted by molar-refractivity contribution is -0.141. The van der Waals surface area contributed by atoms with Gasteiger partial charge in [0.25, 0.3) is 0 Å². The first-order valence-electron chi connectivity index (χ1n) is 9.59. The van der Waals surface area contributed by atoms with Crippen molar-refractivity contribution in [2.75, 3.05) is 13.1 Å². The first kappa shape index (κ1) is 21.7. The Labute approximate surface area is 171 Å². The van der Waals surface area contributed by atoms with Gasteiger partial charge in [-0.05, 0) is 31.5 Å². The van der Waals surface area contributed by atoms with E-state index in [0.717, 1.165) is 11.8 Å². The third-order valence-corrected chi connectivity index (χ3v) is 4.79. The predicted molar refractivity (Wildman–Crippen MR) is 101 cm³/mol. The predicted octanol–water partition coefficient (Wildman–Crippen LogP) is 2.30. The van der Waals surface area contributed by atoms with Gasteiger partial charge in [0, 0.05) is 37.8 Å². The van der Waals surface area contributed by atoms with E-state index in [4.69, 9.17) is 0 Å². The molecule has 10 heteroatoms. The maximum Gasteiger partial charge on any atom is 0.433 e. The number of piperidine rings is 1. The van der Waals surface area contributed by atoms with Crippen LogP contribution in [0.1, 0.15) is 35.7 Å². The first-order valence-corrected chi connectivity index (χ1v) is 9.59. The van der Waals surface area contributed by atoms with Gasteiger partial charge < -0.3 is 10.2 Å². The van der Waals surface area contributed by atoms with Crippen molar-refractivity contribution in [3.8, 4) is 0 Å². The van der Waals surface area contributed by atoms with Gasteiger partial charge in [-0.15, -0.1) is 0 Å². The summed E-state index contributed by atoms with van der Waals surface area (Å²) in [4.78, 5) is 38.0. The minimum Gasteiger partial charge on any atom is -0.355 e. The number of nitrogens with one attached hydrogen (secondary N) is 1. The molecule has 7 nitrogen and oxygen atoms in total. The Morgan fingerprint density at radius 2 is 2.10 bits per heavy atom. The number of nitrogens with zero attached hydrogens (tertiary/aromatic N) is 4. The second-order valence-electron chi connectivity index (χ2n) is 7.18. The van der Waals surface area contributed by atoms with E-state index in [-0.39, 0.29) is 55.2 Å². The maximum absolute atomic E-state index is 12.9. The topological polar surface area (TPSA) is 88.1 Å². The summed E-state index contributed by atoms with van der Waals surface area (Å²) in [7, 11) is 0. The first-order chi connectivity index (χ1) is 14.2. The van der Waals surface area contributed by atoms with Crippen molar-refractivity contribution in [3.63, 3.8) is 0 Å². The summed E-state index contributed by atoms with van der Waals surface area (Å²) in [6.07, 6.45) is -2.12. The SMILES string of the molecule is Cc1cc(C(F)(F)F)nc(CCNC(=O)[C@H]2CCC(=O)N(Cc3ccccn3)C2)n1. The van der Waals surface area contributed by atoms with Crippen LogP contribution in [-0.2, 0) is 28.7 Å². The molecule has 0 aromatic carbocycles. The molecule has 0 bridgehead atoms. The highest BCUT2D eigenvalue weighted by molar-refractivity contribution is 5.83. The fourth-order valence-electron chi connectivity index (χ4n) is 3.30. The van der Waals surface area contributed by atoms with Gasteiger partial charge in [-0.2, -0.15) is 13.2 Å². The molecule has 2 amide bonds. The molecular formula is C20H22F3N5O2. The number of carbonyl (C=O) groups is 2.